The zero-order valence-corrected chi connectivity index (χ0v) is 13.1. The van der Waals surface area contributed by atoms with Crippen LogP contribution in [-0.2, 0) is 9.59 Å². The summed E-state index contributed by atoms with van der Waals surface area (Å²) in [6.07, 6.45) is -0.137. The second-order valence-corrected chi connectivity index (χ2v) is 5.49. The number of rotatable bonds is 5. The highest BCUT2D eigenvalue weighted by Crippen LogP contribution is 2.33. The van der Waals surface area contributed by atoms with Crippen molar-refractivity contribution in [3.05, 3.63) is 48.4 Å². The highest BCUT2D eigenvalue weighted by molar-refractivity contribution is 6.03. The van der Waals surface area contributed by atoms with Crippen molar-refractivity contribution in [2.45, 2.75) is 19.1 Å². The van der Waals surface area contributed by atoms with Gasteiger partial charge in [-0.15, -0.1) is 0 Å². The lowest BCUT2D eigenvalue weighted by atomic mass is 10.2. The number of anilines is 1. The number of carbonyl (C=O) groups is 2. The zero-order valence-electron chi connectivity index (χ0n) is 13.1. The molecule has 1 aromatic heterocycles. The molecule has 0 spiro atoms. The van der Waals surface area contributed by atoms with Gasteiger partial charge < -0.3 is 19.6 Å². The number of furan rings is 1. The molecular weight excluding hydrogens is 312 g/mol. The van der Waals surface area contributed by atoms with Crippen molar-refractivity contribution >= 4 is 17.5 Å². The minimum absolute atomic E-state index is 0.00206. The van der Waals surface area contributed by atoms with Crippen LogP contribution in [0.2, 0.25) is 0 Å². The average Bonchev–Trinajstić information content (AvgIpc) is 3.11. The first kappa shape index (κ1) is 16.1. The number of hydrogen-bond donors (Lipinski definition) is 2. The van der Waals surface area contributed by atoms with Crippen molar-refractivity contribution in [3.8, 4) is 5.75 Å². The molecule has 0 aliphatic carbocycles. The maximum absolute atomic E-state index is 12.3. The third-order valence-electron chi connectivity index (χ3n) is 3.74. The van der Waals surface area contributed by atoms with Gasteiger partial charge in [0.1, 0.15) is 24.2 Å². The number of benzene rings is 1. The van der Waals surface area contributed by atoms with Gasteiger partial charge in [-0.2, -0.15) is 0 Å². The van der Waals surface area contributed by atoms with Crippen molar-refractivity contribution in [2.75, 3.05) is 18.0 Å². The van der Waals surface area contributed by atoms with Crippen LogP contribution < -0.4 is 15.0 Å². The van der Waals surface area contributed by atoms with Crippen LogP contribution >= 0.6 is 0 Å². The lowest BCUT2D eigenvalue weighted by molar-refractivity contribution is -0.128. The Morgan fingerprint density at radius 2 is 2.12 bits per heavy atom. The van der Waals surface area contributed by atoms with E-state index in [4.69, 9.17) is 9.15 Å². The number of ether oxygens (including phenoxy) is 1. The first-order chi connectivity index (χ1) is 11.6. The molecule has 0 radical (unpaired) electrons. The molecule has 2 heterocycles. The Labute approximate surface area is 138 Å². The maximum Gasteiger partial charge on any atom is 0.268 e. The van der Waals surface area contributed by atoms with E-state index in [-0.39, 0.29) is 24.9 Å². The molecule has 2 atom stereocenters. The fraction of sp³-hybridized carbons (Fsp3) is 0.294. The number of aliphatic hydroxyl groups excluding tert-OH is 1. The second-order valence-electron chi connectivity index (χ2n) is 5.49. The topological polar surface area (TPSA) is 92.0 Å². The third-order valence-corrected chi connectivity index (χ3v) is 3.74. The summed E-state index contributed by atoms with van der Waals surface area (Å²) >= 11 is 0. The van der Waals surface area contributed by atoms with Crippen LogP contribution in [0.15, 0.2) is 47.1 Å². The number of nitrogens with one attached hydrogen (secondary N) is 1. The summed E-state index contributed by atoms with van der Waals surface area (Å²) in [6.45, 7) is 1.50. The highest BCUT2D eigenvalue weighted by Gasteiger charge is 2.32. The molecule has 24 heavy (non-hydrogen) atoms. The summed E-state index contributed by atoms with van der Waals surface area (Å²) in [5.74, 6) is 0.276. The normalized spacial score (nSPS) is 17.8. The Morgan fingerprint density at radius 3 is 2.88 bits per heavy atom. The summed E-state index contributed by atoms with van der Waals surface area (Å²) in [4.78, 5) is 25.9. The smallest absolute Gasteiger partial charge is 0.268 e. The quantitative estimate of drug-likeness (QED) is 0.861. The molecular formula is C17H18N2O5. The van der Waals surface area contributed by atoms with E-state index in [2.05, 4.69) is 5.32 Å². The SMILES string of the molecule is CC1Oc2ccccc2N(CC(=O)NCC(O)c2ccco2)C1=O. The Bertz CT molecular complexity index is 728. The van der Waals surface area contributed by atoms with E-state index < -0.39 is 12.2 Å². The van der Waals surface area contributed by atoms with Crippen molar-refractivity contribution in [3.63, 3.8) is 0 Å². The van der Waals surface area contributed by atoms with Crippen LogP contribution in [-0.4, -0.2) is 36.1 Å². The van der Waals surface area contributed by atoms with Crippen molar-refractivity contribution < 1.29 is 23.8 Å². The molecule has 1 aliphatic rings. The summed E-state index contributed by atoms with van der Waals surface area (Å²) in [5.41, 5.74) is 0.558. The first-order valence-electron chi connectivity index (χ1n) is 7.61. The molecule has 2 amide bonds. The molecule has 2 N–H and O–H groups in total. The first-order valence-corrected chi connectivity index (χ1v) is 7.61. The summed E-state index contributed by atoms with van der Waals surface area (Å²) < 4.78 is 10.6. The number of nitrogens with zero attached hydrogens (tertiary/aromatic N) is 1. The van der Waals surface area contributed by atoms with E-state index >= 15 is 0 Å². The predicted molar refractivity (Wildman–Crippen MR) is 85.6 cm³/mol. The van der Waals surface area contributed by atoms with Gasteiger partial charge in [-0.05, 0) is 31.2 Å². The van der Waals surface area contributed by atoms with Crippen LogP contribution in [0.3, 0.4) is 0 Å². The van der Waals surface area contributed by atoms with E-state index in [1.807, 2.05) is 0 Å². The van der Waals surface area contributed by atoms with E-state index in [0.717, 1.165) is 0 Å². The van der Waals surface area contributed by atoms with Crippen molar-refractivity contribution in [2.24, 2.45) is 0 Å². The van der Waals surface area contributed by atoms with E-state index in [1.54, 1.807) is 43.3 Å². The van der Waals surface area contributed by atoms with Gasteiger partial charge in [0.05, 0.1) is 18.5 Å². The summed E-state index contributed by atoms with van der Waals surface area (Å²) in [6, 6.07) is 10.3. The largest absolute Gasteiger partial charge is 0.479 e. The predicted octanol–water partition coefficient (Wildman–Crippen LogP) is 1.24. The Balaban J connectivity index is 1.64. The monoisotopic (exact) mass is 330 g/mol. The molecule has 0 bridgehead atoms. The molecule has 7 heteroatoms. The van der Waals surface area contributed by atoms with Gasteiger partial charge in [-0.1, -0.05) is 12.1 Å². The van der Waals surface area contributed by atoms with Crippen LogP contribution in [0.5, 0.6) is 5.75 Å². The fourth-order valence-electron chi connectivity index (χ4n) is 2.51. The van der Waals surface area contributed by atoms with Gasteiger partial charge in [0.15, 0.2) is 6.10 Å². The Kier molecular flexibility index (Phi) is 4.52. The fourth-order valence-corrected chi connectivity index (χ4v) is 2.51. The lowest BCUT2D eigenvalue weighted by Gasteiger charge is -2.32. The van der Waals surface area contributed by atoms with E-state index in [1.165, 1.54) is 11.2 Å². The molecule has 0 saturated carbocycles. The summed E-state index contributed by atoms with van der Waals surface area (Å²) in [5, 5.41) is 12.5. The second kappa shape index (κ2) is 6.76. The Morgan fingerprint density at radius 1 is 1.33 bits per heavy atom. The average molecular weight is 330 g/mol. The molecule has 7 nitrogen and oxygen atoms in total. The van der Waals surface area contributed by atoms with Gasteiger partial charge in [-0.3, -0.25) is 14.5 Å². The number of fused-ring (bicyclic) bond motifs is 1. The van der Waals surface area contributed by atoms with Crippen LogP contribution in [0.1, 0.15) is 18.8 Å². The number of carbonyl (C=O) groups excluding carboxylic acids is 2. The van der Waals surface area contributed by atoms with Crippen LogP contribution in [0.25, 0.3) is 0 Å². The van der Waals surface area contributed by atoms with Crippen LogP contribution in [0, 0.1) is 0 Å². The molecule has 1 aromatic carbocycles. The third kappa shape index (κ3) is 3.26. The van der Waals surface area contributed by atoms with E-state index in [9.17, 15) is 14.7 Å². The van der Waals surface area contributed by atoms with Gasteiger partial charge in [0.25, 0.3) is 5.91 Å². The number of amides is 2. The molecule has 2 aromatic rings. The maximum atomic E-state index is 12.3. The minimum Gasteiger partial charge on any atom is -0.479 e. The zero-order chi connectivity index (χ0) is 17.1. The van der Waals surface area contributed by atoms with Gasteiger partial charge in [0.2, 0.25) is 5.91 Å². The minimum atomic E-state index is -0.935. The number of para-hydroxylation sites is 2. The number of aliphatic hydroxyl groups is 1. The number of hydrogen-bond acceptors (Lipinski definition) is 5. The van der Waals surface area contributed by atoms with Crippen molar-refractivity contribution in [1.29, 1.82) is 0 Å². The molecule has 126 valence electrons. The molecule has 1 aliphatic heterocycles. The summed E-state index contributed by atoms with van der Waals surface area (Å²) in [7, 11) is 0. The van der Waals surface area contributed by atoms with Gasteiger partial charge in [-0.25, -0.2) is 0 Å². The van der Waals surface area contributed by atoms with Gasteiger partial charge in [0, 0.05) is 0 Å². The lowest BCUT2D eigenvalue weighted by Crippen LogP contribution is -2.49. The van der Waals surface area contributed by atoms with E-state index in [0.29, 0.717) is 17.2 Å². The molecule has 2 unspecified atom stereocenters. The van der Waals surface area contributed by atoms with Crippen molar-refractivity contribution in [1.82, 2.24) is 5.32 Å². The Hall–Kier alpha value is -2.80. The molecule has 0 fully saturated rings. The van der Waals surface area contributed by atoms with Crippen LogP contribution in [0.4, 0.5) is 5.69 Å². The highest BCUT2D eigenvalue weighted by atomic mass is 16.5. The van der Waals surface area contributed by atoms with Gasteiger partial charge >= 0.3 is 0 Å². The molecule has 0 saturated heterocycles. The standard InChI is InChI=1S/C17H18N2O5/c1-11-17(22)19(12-5-2-3-6-14(12)24-11)10-16(21)18-9-13(20)15-7-4-8-23-15/h2-8,11,13,20H,9-10H2,1H3,(H,18,21). The molecule has 3 rings (SSSR count).